The molecule has 0 saturated heterocycles. The zero-order valence-corrected chi connectivity index (χ0v) is 13.4. The fourth-order valence-corrected chi connectivity index (χ4v) is 4.78. The van der Waals surface area contributed by atoms with Gasteiger partial charge in [-0.15, -0.1) is 22.7 Å². The second-order valence-corrected chi connectivity index (χ2v) is 7.61. The first-order valence-electron chi connectivity index (χ1n) is 4.27. The van der Waals surface area contributed by atoms with E-state index >= 15 is 0 Å². The lowest BCUT2D eigenvalue weighted by Gasteiger charge is -2.12. The highest BCUT2D eigenvalue weighted by atomic mass is 79.9. The Morgan fingerprint density at radius 3 is 2.62 bits per heavy atom. The van der Waals surface area contributed by atoms with Gasteiger partial charge in [0.15, 0.2) is 0 Å². The van der Waals surface area contributed by atoms with Crippen molar-refractivity contribution in [3.05, 3.63) is 40.5 Å². The molecule has 0 saturated carbocycles. The van der Waals surface area contributed by atoms with Gasteiger partial charge in [-0.25, -0.2) is 5.43 Å². The van der Waals surface area contributed by atoms with E-state index in [1.807, 2.05) is 17.5 Å². The lowest BCUT2D eigenvalue weighted by Crippen LogP contribution is -2.27. The van der Waals surface area contributed by atoms with Crippen molar-refractivity contribution in [3.8, 4) is 0 Å². The van der Waals surface area contributed by atoms with E-state index in [9.17, 15) is 0 Å². The third-order valence-electron chi connectivity index (χ3n) is 2.02. The molecule has 7 heteroatoms. The summed E-state index contributed by atoms with van der Waals surface area (Å²) < 4.78 is 2.08. The molecule has 2 nitrogen and oxygen atoms in total. The van der Waals surface area contributed by atoms with E-state index in [0.717, 1.165) is 23.0 Å². The van der Waals surface area contributed by atoms with Crippen molar-refractivity contribution in [1.82, 2.24) is 5.43 Å². The van der Waals surface area contributed by atoms with E-state index in [1.165, 1.54) is 0 Å². The van der Waals surface area contributed by atoms with Gasteiger partial charge in [0.1, 0.15) is 0 Å². The molecule has 0 aliphatic carbocycles. The molecular weight excluding hydrogens is 396 g/mol. The minimum atomic E-state index is -0.0555. The Balaban J connectivity index is 2.40. The summed E-state index contributed by atoms with van der Waals surface area (Å²) in [6.07, 6.45) is 0. The first-order valence-corrected chi connectivity index (χ1v) is 7.93. The van der Waals surface area contributed by atoms with Crippen molar-refractivity contribution < 1.29 is 0 Å². The van der Waals surface area contributed by atoms with Gasteiger partial charge in [0.2, 0.25) is 0 Å². The number of hydrazine groups is 1. The van der Waals surface area contributed by atoms with Crippen LogP contribution >= 0.6 is 66.1 Å². The van der Waals surface area contributed by atoms with Crippen LogP contribution in [0.5, 0.6) is 0 Å². The summed E-state index contributed by atoms with van der Waals surface area (Å²) in [5.41, 5.74) is 2.80. The van der Waals surface area contributed by atoms with E-state index in [1.54, 1.807) is 22.7 Å². The predicted octanol–water partition coefficient (Wildman–Crippen LogP) is 4.54. The van der Waals surface area contributed by atoms with Crippen molar-refractivity contribution in [3.63, 3.8) is 0 Å². The van der Waals surface area contributed by atoms with Crippen LogP contribution in [-0.2, 0) is 0 Å². The second kappa shape index (κ2) is 5.48. The van der Waals surface area contributed by atoms with Crippen molar-refractivity contribution in [2.75, 3.05) is 0 Å². The summed E-state index contributed by atoms with van der Waals surface area (Å²) in [6, 6.07) is 3.86. The molecule has 2 rings (SSSR count). The van der Waals surface area contributed by atoms with E-state index in [-0.39, 0.29) is 6.04 Å². The maximum absolute atomic E-state index is 6.11. The van der Waals surface area contributed by atoms with Gasteiger partial charge in [-0.3, -0.25) is 5.84 Å². The fraction of sp³-hybridized carbons (Fsp3) is 0.111. The molecule has 2 aromatic heterocycles. The molecule has 0 aromatic carbocycles. The van der Waals surface area contributed by atoms with Gasteiger partial charge in [0.05, 0.1) is 14.9 Å². The number of rotatable bonds is 3. The molecule has 0 amide bonds. The highest BCUT2D eigenvalue weighted by Gasteiger charge is 2.20. The Morgan fingerprint density at radius 2 is 2.19 bits per heavy atom. The first kappa shape index (κ1) is 13.0. The third kappa shape index (κ3) is 2.53. The van der Waals surface area contributed by atoms with Crippen LogP contribution in [0, 0.1) is 0 Å². The van der Waals surface area contributed by atoms with Crippen LogP contribution in [0.2, 0.25) is 5.02 Å². The van der Waals surface area contributed by atoms with E-state index in [0.29, 0.717) is 0 Å². The molecular formula is C9H7Br2ClN2S2. The van der Waals surface area contributed by atoms with Crippen LogP contribution in [-0.4, -0.2) is 0 Å². The zero-order chi connectivity index (χ0) is 11.7. The van der Waals surface area contributed by atoms with Crippen molar-refractivity contribution in [2.24, 2.45) is 5.84 Å². The number of thiophene rings is 2. The SMILES string of the molecule is NNC(c1cc(Br)c(Br)s1)c1sccc1Cl. The van der Waals surface area contributed by atoms with Crippen LogP contribution in [0.1, 0.15) is 15.8 Å². The summed E-state index contributed by atoms with van der Waals surface area (Å²) >= 11 is 16.3. The topological polar surface area (TPSA) is 38.0 Å². The van der Waals surface area contributed by atoms with E-state index in [4.69, 9.17) is 17.4 Å². The molecule has 2 aromatic rings. The molecule has 0 bridgehead atoms. The number of hydrogen-bond donors (Lipinski definition) is 2. The summed E-state index contributed by atoms with van der Waals surface area (Å²) in [6.45, 7) is 0. The normalized spacial score (nSPS) is 13.0. The molecule has 0 spiro atoms. The maximum Gasteiger partial charge on any atom is 0.0910 e. The minimum Gasteiger partial charge on any atom is -0.271 e. The Morgan fingerprint density at radius 1 is 1.44 bits per heavy atom. The number of hydrogen-bond acceptors (Lipinski definition) is 4. The summed E-state index contributed by atoms with van der Waals surface area (Å²) in [4.78, 5) is 2.15. The number of nitrogens with two attached hydrogens (primary N) is 1. The third-order valence-corrected chi connectivity index (χ3v) is 6.77. The second-order valence-electron chi connectivity index (χ2n) is 3.00. The summed E-state index contributed by atoms with van der Waals surface area (Å²) in [7, 11) is 0. The van der Waals surface area contributed by atoms with E-state index < -0.39 is 0 Å². The number of nitrogens with one attached hydrogen (secondary N) is 1. The lowest BCUT2D eigenvalue weighted by molar-refractivity contribution is 0.656. The Labute approximate surface area is 123 Å². The molecule has 1 atom stereocenters. The molecule has 3 N–H and O–H groups in total. The molecule has 86 valence electrons. The molecule has 0 aliphatic rings. The Hall–Kier alpha value is 0.570. The van der Waals surface area contributed by atoms with E-state index in [2.05, 4.69) is 37.3 Å². The summed E-state index contributed by atoms with van der Waals surface area (Å²) in [5, 5.41) is 2.70. The van der Waals surface area contributed by atoms with Crippen LogP contribution in [0.4, 0.5) is 0 Å². The molecule has 16 heavy (non-hydrogen) atoms. The molecule has 0 fully saturated rings. The van der Waals surface area contributed by atoms with Gasteiger partial charge >= 0.3 is 0 Å². The van der Waals surface area contributed by atoms with Gasteiger partial charge in [-0.1, -0.05) is 11.6 Å². The molecule has 2 heterocycles. The molecule has 1 unspecified atom stereocenters. The predicted molar refractivity (Wildman–Crippen MR) is 78.2 cm³/mol. The average Bonchev–Trinajstić information content (AvgIpc) is 2.78. The van der Waals surface area contributed by atoms with Crippen molar-refractivity contribution in [2.45, 2.75) is 6.04 Å². The van der Waals surface area contributed by atoms with Gasteiger partial charge in [0.25, 0.3) is 0 Å². The average molecular weight is 403 g/mol. The van der Waals surface area contributed by atoms with Crippen LogP contribution in [0.3, 0.4) is 0 Å². The fourth-order valence-electron chi connectivity index (χ4n) is 1.30. The monoisotopic (exact) mass is 400 g/mol. The zero-order valence-electron chi connectivity index (χ0n) is 7.84. The van der Waals surface area contributed by atoms with Gasteiger partial charge in [-0.05, 0) is 49.4 Å². The van der Waals surface area contributed by atoms with Crippen molar-refractivity contribution in [1.29, 1.82) is 0 Å². The Kier molecular flexibility index (Phi) is 4.45. The highest BCUT2D eigenvalue weighted by Crippen LogP contribution is 2.40. The van der Waals surface area contributed by atoms with Crippen LogP contribution in [0.15, 0.2) is 25.8 Å². The van der Waals surface area contributed by atoms with Crippen LogP contribution in [0.25, 0.3) is 0 Å². The largest absolute Gasteiger partial charge is 0.271 e. The lowest BCUT2D eigenvalue weighted by atomic mass is 10.2. The number of halogens is 3. The quantitative estimate of drug-likeness (QED) is 0.584. The standard InChI is InChI=1S/C9H7Br2ClN2S2/c10-4-3-6(16-9(4)11)7(14-13)8-5(12)1-2-15-8/h1-3,7,14H,13H2. The summed E-state index contributed by atoms with van der Waals surface area (Å²) in [5.74, 6) is 5.60. The van der Waals surface area contributed by atoms with Gasteiger partial charge in [0, 0.05) is 14.2 Å². The smallest absolute Gasteiger partial charge is 0.0910 e. The maximum atomic E-state index is 6.11. The molecule has 0 radical (unpaired) electrons. The highest BCUT2D eigenvalue weighted by molar-refractivity contribution is 9.13. The minimum absolute atomic E-state index is 0.0555. The van der Waals surface area contributed by atoms with Gasteiger partial charge in [-0.2, -0.15) is 0 Å². The van der Waals surface area contributed by atoms with Gasteiger partial charge < -0.3 is 0 Å². The first-order chi connectivity index (χ1) is 7.63. The Bertz CT molecular complexity index is 478. The van der Waals surface area contributed by atoms with Crippen molar-refractivity contribution >= 4 is 66.1 Å². The van der Waals surface area contributed by atoms with Crippen LogP contribution < -0.4 is 11.3 Å². The molecule has 0 aliphatic heterocycles.